The molecule has 0 bridgehead atoms. The summed E-state index contributed by atoms with van der Waals surface area (Å²) < 4.78 is 44.6. The lowest BCUT2D eigenvalue weighted by Gasteiger charge is -2.29. The Hall–Kier alpha value is -0.820. The molecule has 4 nitrogen and oxygen atoms in total. The molecule has 0 radical (unpaired) electrons. The van der Waals surface area contributed by atoms with Crippen LogP contribution in [0.2, 0.25) is 0 Å². The molecule has 0 aromatic heterocycles. The van der Waals surface area contributed by atoms with Gasteiger partial charge < -0.3 is 15.4 Å². The second-order valence-electron chi connectivity index (χ2n) is 5.19. The lowest BCUT2D eigenvalue weighted by atomic mass is 9.85. The van der Waals surface area contributed by atoms with E-state index in [9.17, 15) is 18.0 Å². The molecule has 2 N–H and O–H groups in total. The summed E-state index contributed by atoms with van der Waals surface area (Å²) in [6.07, 6.45) is -2.15. The molecule has 2 fully saturated rings. The highest BCUT2D eigenvalue weighted by Gasteiger charge is 2.61. The van der Waals surface area contributed by atoms with Crippen molar-refractivity contribution < 1.29 is 22.7 Å². The standard InChI is InChI=1S/C12H19F3N2O2/c13-12(14,15)11(4-6-16-8-11)10(18)17-5-3-9-2-1-7-19-9/h9,16H,1-8H2,(H,17,18). The zero-order valence-corrected chi connectivity index (χ0v) is 10.7. The van der Waals surface area contributed by atoms with Crippen LogP contribution in [0.3, 0.4) is 0 Å². The first kappa shape index (κ1) is 14.6. The van der Waals surface area contributed by atoms with Gasteiger partial charge >= 0.3 is 6.18 Å². The normalized spacial score (nSPS) is 31.6. The highest BCUT2D eigenvalue weighted by molar-refractivity contribution is 5.84. The van der Waals surface area contributed by atoms with Crippen molar-refractivity contribution in [3.63, 3.8) is 0 Å². The number of nitrogens with one attached hydrogen (secondary N) is 2. The topological polar surface area (TPSA) is 50.4 Å². The van der Waals surface area contributed by atoms with Crippen LogP contribution in [0.5, 0.6) is 0 Å². The Morgan fingerprint density at radius 2 is 2.26 bits per heavy atom. The third-order valence-corrected chi connectivity index (χ3v) is 3.91. The molecular weight excluding hydrogens is 261 g/mol. The molecule has 1 amide bonds. The number of alkyl halides is 3. The SMILES string of the molecule is O=C(NCCC1CCCO1)C1(C(F)(F)F)CCNC1. The molecule has 0 aromatic rings. The summed E-state index contributed by atoms with van der Waals surface area (Å²) in [6, 6.07) is 0. The van der Waals surface area contributed by atoms with Crippen molar-refractivity contribution in [3.05, 3.63) is 0 Å². The molecule has 2 atom stereocenters. The number of carbonyl (C=O) groups excluding carboxylic acids is 1. The number of hydrogen-bond donors (Lipinski definition) is 2. The van der Waals surface area contributed by atoms with Gasteiger partial charge in [0.15, 0.2) is 5.41 Å². The lowest BCUT2D eigenvalue weighted by Crippen LogP contribution is -2.52. The number of hydrogen-bond acceptors (Lipinski definition) is 3. The third kappa shape index (κ3) is 3.02. The predicted octanol–water partition coefficient (Wildman–Crippen LogP) is 1.21. The second-order valence-corrected chi connectivity index (χ2v) is 5.19. The molecule has 2 heterocycles. The fourth-order valence-corrected chi connectivity index (χ4v) is 2.64. The minimum absolute atomic E-state index is 0.0730. The summed E-state index contributed by atoms with van der Waals surface area (Å²) in [5.41, 5.74) is -2.26. The van der Waals surface area contributed by atoms with Crippen molar-refractivity contribution in [2.75, 3.05) is 26.2 Å². The van der Waals surface area contributed by atoms with Crippen LogP contribution in [-0.2, 0) is 9.53 Å². The Labute approximate surface area is 110 Å². The monoisotopic (exact) mass is 280 g/mol. The van der Waals surface area contributed by atoms with E-state index in [1.165, 1.54) is 0 Å². The van der Waals surface area contributed by atoms with Crippen LogP contribution in [0, 0.1) is 5.41 Å². The zero-order valence-electron chi connectivity index (χ0n) is 10.7. The minimum Gasteiger partial charge on any atom is -0.378 e. The van der Waals surface area contributed by atoms with Gasteiger partial charge in [-0.15, -0.1) is 0 Å². The van der Waals surface area contributed by atoms with Crippen molar-refractivity contribution in [3.8, 4) is 0 Å². The van der Waals surface area contributed by atoms with Crippen molar-refractivity contribution >= 4 is 5.91 Å². The molecule has 0 aromatic carbocycles. The number of ether oxygens (including phenoxy) is 1. The van der Waals surface area contributed by atoms with Crippen molar-refractivity contribution in [1.82, 2.24) is 10.6 Å². The van der Waals surface area contributed by atoms with Gasteiger partial charge in [0.25, 0.3) is 0 Å². The first-order valence-corrected chi connectivity index (χ1v) is 6.63. The first-order chi connectivity index (χ1) is 8.96. The largest absolute Gasteiger partial charge is 0.404 e. The van der Waals surface area contributed by atoms with E-state index in [4.69, 9.17) is 4.74 Å². The van der Waals surface area contributed by atoms with Crippen LogP contribution < -0.4 is 10.6 Å². The molecule has 2 rings (SSSR count). The van der Waals surface area contributed by atoms with Gasteiger partial charge in [-0.25, -0.2) is 0 Å². The van der Waals surface area contributed by atoms with Gasteiger partial charge in [-0.2, -0.15) is 13.2 Å². The maximum absolute atomic E-state index is 13.1. The maximum atomic E-state index is 13.1. The van der Waals surface area contributed by atoms with E-state index in [2.05, 4.69) is 10.6 Å². The molecule has 0 spiro atoms. The fourth-order valence-electron chi connectivity index (χ4n) is 2.64. The van der Waals surface area contributed by atoms with Crippen LogP contribution in [0.15, 0.2) is 0 Å². The van der Waals surface area contributed by atoms with Gasteiger partial charge in [-0.05, 0) is 32.2 Å². The summed E-state index contributed by atoms with van der Waals surface area (Å²) >= 11 is 0. The minimum atomic E-state index is -4.51. The first-order valence-electron chi connectivity index (χ1n) is 6.63. The fraction of sp³-hybridized carbons (Fsp3) is 0.917. The number of amides is 1. The molecule has 2 aliphatic heterocycles. The molecule has 2 aliphatic rings. The molecule has 110 valence electrons. The van der Waals surface area contributed by atoms with E-state index in [0.717, 1.165) is 12.8 Å². The Morgan fingerprint density at radius 3 is 2.79 bits per heavy atom. The summed E-state index contributed by atoms with van der Waals surface area (Å²) in [4.78, 5) is 11.9. The van der Waals surface area contributed by atoms with Gasteiger partial charge in [0.2, 0.25) is 5.91 Å². The van der Waals surface area contributed by atoms with Gasteiger partial charge in [0.1, 0.15) is 0 Å². The Morgan fingerprint density at radius 1 is 1.47 bits per heavy atom. The van der Waals surface area contributed by atoms with Crippen LogP contribution in [0.4, 0.5) is 13.2 Å². The van der Waals surface area contributed by atoms with E-state index in [-0.39, 0.29) is 32.2 Å². The summed E-state index contributed by atoms with van der Waals surface area (Å²) in [7, 11) is 0. The summed E-state index contributed by atoms with van der Waals surface area (Å²) in [5, 5.41) is 5.05. The highest BCUT2D eigenvalue weighted by Crippen LogP contribution is 2.43. The average molecular weight is 280 g/mol. The molecular formula is C12H19F3N2O2. The van der Waals surface area contributed by atoms with E-state index in [1.807, 2.05) is 0 Å². The Balaban J connectivity index is 1.86. The average Bonchev–Trinajstić information content (AvgIpc) is 2.99. The number of carbonyl (C=O) groups is 1. The van der Waals surface area contributed by atoms with Crippen LogP contribution >= 0.6 is 0 Å². The van der Waals surface area contributed by atoms with Gasteiger partial charge in [0.05, 0.1) is 6.10 Å². The van der Waals surface area contributed by atoms with Crippen molar-refractivity contribution in [2.24, 2.45) is 5.41 Å². The third-order valence-electron chi connectivity index (χ3n) is 3.91. The molecule has 2 unspecified atom stereocenters. The molecule has 19 heavy (non-hydrogen) atoms. The van der Waals surface area contributed by atoms with Crippen LogP contribution in [0.1, 0.15) is 25.7 Å². The van der Waals surface area contributed by atoms with Crippen LogP contribution in [0.25, 0.3) is 0 Å². The van der Waals surface area contributed by atoms with Crippen molar-refractivity contribution in [1.29, 1.82) is 0 Å². The molecule has 7 heteroatoms. The zero-order chi connectivity index (χ0) is 13.9. The number of rotatable bonds is 4. The second kappa shape index (κ2) is 5.66. The quantitative estimate of drug-likeness (QED) is 0.814. The van der Waals surface area contributed by atoms with E-state index in [0.29, 0.717) is 13.0 Å². The summed E-state index contributed by atoms with van der Waals surface area (Å²) in [6.45, 7) is 0.831. The Bertz CT molecular complexity index is 321. The van der Waals surface area contributed by atoms with E-state index < -0.39 is 17.5 Å². The molecule has 2 saturated heterocycles. The number of halogens is 3. The lowest BCUT2D eigenvalue weighted by molar-refractivity contribution is -0.216. The molecule has 0 aliphatic carbocycles. The van der Waals surface area contributed by atoms with Gasteiger partial charge in [-0.3, -0.25) is 4.79 Å². The Kier molecular flexibility index (Phi) is 4.35. The van der Waals surface area contributed by atoms with E-state index in [1.54, 1.807) is 0 Å². The van der Waals surface area contributed by atoms with Gasteiger partial charge in [0, 0.05) is 19.7 Å². The van der Waals surface area contributed by atoms with Crippen molar-refractivity contribution in [2.45, 2.75) is 38.0 Å². The maximum Gasteiger partial charge on any atom is 0.404 e. The summed E-state index contributed by atoms with van der Waals surface area (Å²) in [5.74, 6) is -0.914. The van der Waals surface area contributed by atoms with E-state index >= 15 is 0 Å². The smallest absolute Gasteiger partial charge is 0.378 e. The highest BCUT2D eigenvalue weighted by atomic mass is 19.4. The van der Waals surface area contributed by atoms with Crippen LogP contribution in [-0.4, -0.2) is 44.4 Å². The van der Waals surface area contributed by atoms with Gasteiger partial charge in [-0.1, -0.05) is 0 Å². The molecule has 0 saturated carbocycles. The predicted molar refractivity (Wildman–Crippen MR) is 62.6 cm³/mol.